The second-order valence-electron chi connectivity index (χ2n) is 5.69. The third-order valence-electron chi connectivity index (χ3n) is 2.67. The number of fused-ring (bicyclic) bond motifs is 1. The zero-order valence-corrected chi connectivity index (χ0v) is 13.9. The third-order valence-corrected chi connectivity index (χ3v) is 5.33. The van der Waals surface area contributed by atoms with Crippen LogP contribution in [0.2, 0.25) is 5.02 Å². The van der Waals surface area contributed by atoms with E-state index in [1.54, 1.807) is 39.0 Å². The lowest BCUT2D eigenvalue weighted by Gasteiger charge is -2.13. The molecular formula is C13H13BClF7S. The van der Waals surface area contributed by atoms with Gasteiger partial charge in [-0.3, -0.25) is 0 Å². The summed E-state index contributed by atoms with van der Waals surface area (Å²) in [5, 5.41) is 0.976. The Labute approximate surface area is 136 Å². The van der Waals surface area contributed by atoms with Crippen molar-refractivity contribution in [1.29, 1.82) is 0 Å². The van der Waals surface area contributed by atoms with E-state index in [-0.39, 0.29) is 0 Å². The van der Waals surface area contributed by atoms with Crippen molar-refractivity contribution < 1.29 is 30.4 Å². The van der Waals surface area contributed by atoms with Crippen molar-refractivity contribution in [2.45, 2.75) is 31.7 Å². The summed E-state index contributed by atoms with van der Waals surface area (Å²) in [5.74, 6) is 0. The lowest BCUT2D eigenvalue weighted by atomic mass is 9.94. The maximum absolute atomic E-state index is 13.3. The number of benzene rings is 1. The van der Waals surface area contributed by atoms with Crippen LogP contribution in [-0.2, 0) is 10.9 Å². The molecule has 0 N–H and O–H groups in total. The van der Waals surface area contributed by atoms with Gasteiger partial charge in [-0.15, -0.1) is 13.2 Å². The highest BCUT2D eigenvalue weighted by atomic mass is 35.5. The zero-order valence-electron chi connectivity index (χ0n) is 12.3. The maximum Gasteiger partial charge on any atom is 0.673 e. The molecule has 0 fully saturated rings. The Hall–Kier alpha value is -0.955. The molecule has 0 spiro atoms. The van der Waals surface area contributed by atoms with Gasteiger partial charge in [0, 0.05) is 28.0 Å². The number of halogens is 8. The summed E-state index contributed by atoms with van der Waals surface area (Å²) >= 11 is 5.81. The molecule has 10 heteroatoms. The fourth-order valence-corrected chi connectivity index (χ4v) is 4.33. The molecule has 0 saturated carbocycles. The molecule has 0 aliphatic carbocycles. The fourth-order valence-electron chi connectivity index (χ4n) is 1.89. The van der Waals surface area contributed by atoms with Crippen LogP contribution in [0.1, 0.15) is 25.6 Å². The molecule has 1 atom stereocenters. The molecule has 1 aromatic carbocycles. The average Bonchev–Trinajstić information content (AvgIpc) is 2.63. The molecule has 2 aromatic rings. The molecule has 1 aromatic heterocycles. The van der Waals surface area contributed by atoms with Crippen molar-refractivity contribution in [1.82, 2.24) is 0 Å². The van der Waals surface area contributed by atoms with Gasteiger partial charge in [-0.25, -0.2) is 0 Å². The molecule has 0 amide bonds. The van der Waals surface area contributed by atoms with E-state index < -0.39 is 28.6 Å². The van der Waals surface area contributed by atoms with Crippen LogP contribution in [0.25, 0.3) is 10.1 Å². The second-order valence-corrected chi connectivity index (χ2v) is 8.08. The van der Waals surface area contributed by atoms with Gasteiger partial charge in [0.1, 0.15) is 0 Å². The highest BCUT2D eigenvalue weighted by molar-refractivity contribution is 7.38. The van der Waals surface area contributed by atoms with Crippen LogP contribution in [0.4, 0.5) is 30.4 Å². The number of alkyl halides is 3. The summed E-state index contributed by atoms with van der Waals surface area (Å²) in [4.78, 5) is 0.423. The minimum Gasteiger partial charge on any atom is -0.418 e. The van der Waals surface area contributed by atoms with E-state index in [4.69, 9.17) is 11.6 Å². The Bertz CT molecular complexity index is 676. The molecular weight excluding hydrogens is 367 g/mol. The molecule has 23 heavy (non-hydrogen) atoms. The predicted molar refractivity (Wildman–Crippen MR) is 81.6 cm³/mol. The molecule has 0 saturated heterocycles. The van der Waals surface area contributed by atoms with Crippen molar-refractivity contribution in [3.63, 3.8) is 0 Å². The molecule has 0 aliphatic heterocycles. The minimum absolute atomic E-state index is 0.292. The third kappa shape index (κ3) is 5.88. The Morgan fingerprint density at radius 1 is 0.957 bits per heavy atom. The average molecular weight is 381 g/mol. The van der Waals surface area contributed by atoms with E-state index in [0.29, 0.717) is 20.0 Å². The topological polar surface area (TPSA) is 0 Å². The smallest absolute Gasteiger partial charge is 0.418 e. The summed E-state index contributed by atoms with van der Waals surface area (Å²) in [7, 11) is -7.86. The quantitative estimate of drug-likeness (QED) is 0.255. The lowest BCUT2D eigenvalue weighted by molar-refractivity contribution is -0.0869. The molecule has 0 radical (unpaired) electrons. The minimum atomic E-state index is -6.00. The van der Waals surface area contributed by atoms with Gasteiger partial charge < -0.3 is 17.3 Å². The van der Waals surface area contributed by atoms with Crippen LogP contribution < -0.4 is 0 Å². The first kappa shape index (κ1) is 20.1. The van der Waals surface area contributed by atoms with Crippen molar-refractivity contribution >= 4 is 39.4 Å². The van der Waals surface area contributed by atoms with Gasteiger partial charge in [-0.05, 0) is 12.1 Å². The van der Waals surface area contributed by atoms with Crippen LogP contribution in [0.3, 0.4) is 0 Å². The first-order valence-corrected chi connectivity index (χ1v) is 7.91. The van der Waals surface area contributed by atoms with Gasteiger partial charge in [0.2, 0.25) is 0 Å². The number of hydrogen-bond acceptors (Lipinski definition) is 0. The lowest BCUT2D eigenvalue weighted by Crippen LogP contribution is -2.12. The summed E-state index contributed by atoms with van der Waals surface area (Å²) in [6.07, 6.45) is 0. The molecule has 1 unspecified atom stereocenters. The fraction of sp³-hybridized carbons (Fsp3) is 0.385. The van der Waals surface area contributed by atoms with Crippen molar-refractivity contribution in [3.8, 4) is 0 Å². The van der Waals surface area contributed by atoms with E-state index in [9.17, 15) is 30.4 Å². The Kier molecular flexibility index (Phi) is 5.68. The molecule has 130 valence electrons. The first-order chi connectivity index (χ1) is 10.1. The summed E-state index contributed by atoms with van der Waals surface area (Å²) < 4.78 is 79.1. The Morgan fingerprint density at radius 2 is 1.43 bits per heavy atom. The normalized spacial score (nSPS) is 13.8. The van der Waals surface area contributed by atoms with Gasteiger partial charge in [-0.2, -0.15) is 0 Å². The van der Waals surface area contributed by atoms with E-state index in [2.05, 4.69) is 0 Å². The highest BCUT2D eigenvalue weighted by Gasteiger charge is 2.50. The standard InChI is InChI=1S/C13H13ClF3S.BF4/c1-12(2,3)11-6-8-4-5-9(14)7-10(8)18(11)13(15,16)17;2-1(3,4)5/h4-7H,1-3H3;/q+1;-1. The molecule has 1 heterocycles. The van der Waals surface area contributed by atoms with Crippen LogP contribution in [0.5, 0.6) is 0 Å². The summed E-state index contributed by atoms with van der Waals surface area (Å²) in [6, 6.07) is 6.37. The van der Waals surface area contributed by atoms with E-state index in [0.717, 1.165) is 0 Å². The van der Waals surface area contributed by atoms with Gasteiger partial charge in [0.15, 0.2) is 9.58 Å². The van der Waals surface area contributed by atoms with Crippen LogP contribution in [0.15, 0.2) is 24.3 Å². The van der Waals surface area contributed by atoms with Gasteiger partial charge in [0.05, 0.1) is 10.5 Å². The van der Waals surface area contributed by atoms with Crippen LogP contribution >= 0.6 is 22.1 Å². The van der Waals surface area contributed by atoms with Gasteiger partial charge in [0.25, 0.3) is 0 Å². The number of rotatable bonds is 0. The first-order valence-electron chi connectivity index (χ1n) is 6.31. The Morgan fingerprint density at radius 3 is 1.83 bits per heavy atom. The zero-order chi connectivity index (χ0) is 18.2. The largest absolute Gasteiger partial charge is 0.673 e. The number of thiophene rings is 1. The summed E-state index contributed by atoms with van der Waals surface area (Å²) in [6.45, 7) is 5.41. The highest BCUT2D eigenvalue weighted by Crippen LogP contribution is 2.54. The molecule has 0 nitrogen and oxygen atoms in total. The van der Waals surface area contributed by atoms with Crippen molar-refractivity contribution in [2.24, 2.45) is 0 Å². The summed E-state index contributed by atoms with van der Waals surface area (Å²) in [5.41, 5.74) is -4.76. The van der Waals surface area contributed by atoms with Crippen LogP contribution in [0, 0.1) is 0 Å². The van der Waals surface area contributed by atoms with Gasteiger partial charge >= 0.3 is 12.8 Å². The second kappa shape index (κ2) is 6.51. The SMILES string of the molecule is CC(C)(C)c1cc2ccc(Cl)cc2[s+]1C(F)(F)F.F[B-](F)(F)F. The molecule has 2 rings (SSSR count). The molecule has 0 bridgehead atoms. The maximum atomic E-state index is 13.3. The monoisotopic (exact) mass is 380 g/mol. The van der Waals surface area contributed by atoms with E-state index >= 15 is 0 Å². The van der Waals surface area contributed by atoms with E-state index in [1.807, 2.05) is 0 Å². The van der Waals surface area contributed by atoms with Crippen LogP contribution in [-0.4, -0.2) is 7.25 Å². The van der Waals surface area contributed by atoms with Crippen molar-refractivity contribution in [2.75, 3.05) is 0 Å². The Balaban J connectivity index is 0.000000463. The van der Waals surface area contributed by atoms with E-state index in [1.165, 1.54) is 6.07 Å². The van der Waals surface area contributed by atoms with Gasteiger partial charge in [-0.1, -0.05) is 32.4 Å². The van der Waals surface area contributed by atoms with Crippen molar-refractivity contribution in [3.05, 3.63) is 34.2 Å². The number of hydrogen-bond donors (Lipinski definition) is 0. The predicted octanol–water partition coefficient (Wildman–Crippen LogP) is 7.32. The molecule has 0 aliphatic rings.